The first kappa shape index (κ1) is 30.6. The fourth-order valence-electron chi connectivity index (χ4n) is 4.39. The highest BCUT2D eigenvalue weighted by atomic mass is 32.2. The smallest absolute Gasteiger partial charge is 0.310 e. The number of esters is 1. The third kappa shape index (κ3) is 7.68. The molecule has 0 radical (unpaired) electrons. The number of furan rings is 1. The van der Waals surface area contributed by atoms with E-state index in [0.717, 1.165) is 33.2 Å². The summed E-state index contributed by atoms with van der Waals surface area (Å²) in [5.74, 6) is 0.243. The molecule has 1 aromatic heterocycles. The molecule has 2 unspecified atom stereocenters. The van der Waals surface area contributed by atoms with E-state index in [1.165, 1.54) is 0 Å². The van der Waals surface area contributed by atoms with Crippen LogP contribution in [0.15, 0.2) is 71.3 Å². The Balaban J connectivity index is 1.63. The molecule has 1 heterocycles. The number of fused-ring (bicyclic) bond motifs is 1. The van der Waals surface area contributed by atoms with Gasteiger partial charge in [0.2, 0.25) is 0 Å². The zero-order valence-electron chi connectivity index (χ0n) is 23.9. The van der Waals surface area contributed by atoms with E-state index in [-0.39, 0.29) is 19.0 Å². The van der Waals surface area contributed by atoms with Gasteiger partial charge in [0.15, 0.2) is 0 Å². The van der Waals surface area contributed by atoms with Gasteiger partial charge < -0.3 is 24.2 Å². The van der Waals surface area contributed by atoms with E-state index in [0.29, 0.717) is 30.0 Å². The van der Waals surface area contributed by atoms with E-state index < -0.39 is 28.8 Å². The zero-order chi connectivity index (χ0) is 29.6. The van der Waals surface area contributed by atoms with Gasteiger partial charge in [0.25, 0.3) is 0 Å². The number of ether oxygens (including phenoxy) is 2. The number of rotatable bonds is 12. The number of nitrogens with two attached hydrogens (primary N) is 1. The Hall–Kier alpha value is -3.37. The van der Waals surface area contributed by atoms with Gasteiger partial charge >= 0.3 is 5.97 Å². The van der Waals surface area contributed by atoms with Gasteiger partial charge in [0.05, 0.1) is 19.3 Å². The molecule has 0 saturated carbocycles. The number of carbonyl (C=O) groups is 1. The largest absolute Gasteiger partial charge is 0.598 e. The molecule has 3 aromatic carbocycles. The Labute approximate surface area is 243 Å². The highest BCUT2D eigenvalue weighted by Gasteiger charge is 2.30. The van der Waals surface area contributed by atoms with Crippen LogP contribution in [0.25, 0.3) is 22.1 Å². The minimum atomic E-state index is -1.43. The van der Waals surface area contributed by atoms with E-state index in [1.807, 2.05) is 81.4 Å². The van der Waals surface area contributed by atoms with Gasteiger partial charge in [-0.05, 0) is 80.3 Å². The lowest BCUT2D eigenvalue weighted by Gasteiger charge is -2.27. The van der Waals surface area contributed by atoms with Crippen LogP contribution in [0.1, 0.15) is 56.0 Å². The molecule has 9 heteroatoms. The summed E-state index contributed by atoms with van der Waals surface area (Å²) in [7, 11) is 0. The van der Waals surface area contributed by atoms with Crippen LogP contribution in [0.3, 0.4) is 0 Å². The molecule has 2 atom stereocenters. The number of hydrogen-bond acceptors (Lipinski definition) is 7. The van der Waals surface area contributed by atoms with Gasteiger partial charge in [0, 0.05) is 34.4 Å². The molecule has 41 heavy (non-hydrogen) atoms. The Bertz CT molecular complexity index is 1480. The van der Waals surface area contributed by atoms with Crippen molar-refractivity contribution < 1.29 is 27.6 Å². The van der Waals surface area contributed by atoms with E-state index in [1.54, 1.807) is 13.2 Å². The Kier molecular flexibility index (Phi) is 10.1. The monoisotopic (exact) mass is 580 g/mol. The van der Waals surface area contributed by atoms with E-state index in [2.05, 4.69) is 4.72 Å². The van der Waals surface area contributed by atoms with Gasteiger partial charge in [-0.15, -0.1) is 4.72 Å². The van der Waals surface area contributed by atoms with Crippen molar-refractivity contribution in [3.63, 3.8) is 0 Å². The van der Waals surface area contributed by atoms with Gasteiger partial charge in [-0.25, -0.2) is 4.39 Å². The Morgan fingerprint density at radius 3 is 2.63 bits per heavy atom. The maximum absolute atomic E-state index is 14.1. The normalized spacial score (nSPS) is 13.2. The minimum absolute atomic E-state index is 0.0939. The number of benzene rings is 3. The predicted molar refractivity (Wildman–Crippen MR) is 160 cm³/mol. The molecule has 0 aliphatic carbocycles. The van der Waals surface area contributed by atoms with E-state index in [4.69, 9.17) is 19.6 Å². The second kappa shape index (κ2) is 13.5. The molecule has 0 fully saturated rings. The summed E-state index contributed by atoms with van der Waals surface area (Å²) in [6, 6.07) is 18.2. The van der Waals surface area contributed by atoms with Crippen LogP contribution in [0, 0.1) is 0 Å². The summed E-state index contributed by atoms with van der Waals surface area (Å²) < 4.78 is 46.3. The second-order valence-electron chi connectivity index (χ2n) is 10.7. The van der Waals surface area contributed by atoms with Crippen LogP contribution in [0.5, 0.6) is 5.75 Å². The molecule has 218 valence electrons. The molecule has 7 nitrogen and oxygen atoms in total. The molecule has 4 rings (SSSR count). The lowest BCUT2D eigenvalue weighted by atomic mass is 9.97. The highest BCUT2D eigenvalue weighted by molar-refractivity contribution is 7.90. The van der Waals surface area contributed by atoms with Crippen LogP contribution < -0.4 is 15.2 Å². The molecule has 0 amide bonds. The first-order valence-corrected chi connectivity index (χ1v) is 14.7. The summed E-state index contributed by atoms with van der Waals surface area (Å²) in [5, 5.41) is 0.892. The van der Waals surface area contributed by atoms with Crippen LogP contribution in [-0.2, 0) is 40.5 Å². The minimum Gasteiger partial charge on any atom is -0.598 e. The fraction of sp³-hybridized carbons (Fsp3) is 0.344. The van der Waals surface area contributed by atoms with Crippen molar-refractivity contribution in [2.75, 3.05) is 13.3 Å². The number of halogens is 1. The second-order valence-corrected chi connectivity index (χ2v) is 12.7. The molecule has 3 N–H and O–H groups in total. The molecule has 0 aliphatic heterocycles. The van der Waals surface area contributed by atoms with Gasteiger partial charge in [-0.1, -0.05) is 30.3 Å². The lowest BCUT2D eigenvalue weighted by Crippen LogP contribution is -2.41. The zero-order valence-corrected chi connectivity index (χ0v) is 24.7. The summed E-state index contributed by atoms with van der Waals surface area (Å²) in [4.78, 5) is 12.2. The maximum Gasteiger partial charge on any atom is 0.310 e. The summed E-state index contributed by atoms with van der Waals surface area (Å²) in [6.45, 7) is 7.48. The van der Waals surface area contributed by atoms with Crippen molar-refractivity contribution in [1.29, 1.82) is 0 Å². The average molecular weight is 581 g/mol. The van der Waals surface area contributed by atoms with Crippen molar-refractivity contribution in [2.24, 2.45) is 5.73 Å². The molecule has 4 aromatic rings. The summed E-state index contributed by atoms with van der Waals surface area (Å²) in [5.41, 5.74) is 11.4. The first-order chi connectivity index (χ1) is 19.6. The summed E-state index contributed by atoms with van der Waals surface area (Å²) >= 11 is -1.43. The number of hydrogen-bond donors (Lipinski definition) is 2. The fourth-order valence-corrected chi connectivity index (χ4v) is 5.21. The molecule has 0 spiro atoms. The van der Waals surface area contributed by atoms with Gasteiger partial charge in [-0.2, -0.15) is 0 Å². The maximum atomic E-state index is 14.1. The van der Waals surface area contributed by atoms with Crippen LogP contribution in [0.4, 0.5) is 4.39 Å². The number of alkyl halides is 1. The molecular weight excluding hydrogens is 543 g/mol. The highest BCUT2D eigenvalue weighted by Crippen LogP contribution is 2.34. The van der Waals surface area contributed by atoms with E-state index in [9.17, 15) is 13.7 Å². The molecule has 0 aliphatic rings. The quantitative estimate of drug-likeness (QED) is 0.149. The lowest BCUT2D eigenvalue weighted by molar-refractivity contribution is -0.142. The predicted octanol–water partition coefficient (Wildman–Crippen LogP) is 6.31. The standard InChI is InChI=1S/C32H37FN2O5S/c1-5-38-30(36)17-25-10-9-21(19-34)15-29(25)40-20-22-13-26-11-12-39-31(26)27(14-22)23-7-6-8-24(16-23)28(18-33)35-41(37)32(2,3)4/h6-16,28,35H,5,17-20,34H2,1-4H3. The Morgan fingerprint density at radius 1 is 1.12 bits per heavy atom. The van der Waals surface area contributed by atoms with Crippen LogP contribution >= 0.6 is 0 Å². The van der Waals surface area contributed by atoms with Gasteiger partial charge in [-0.3, -0.25) is 4.79 Å². The van der Waals surface area contributed by atoms with Crippen molar-refractivity contribution in [2.45, 2.75) is 58.1 Å². The van der Waals surface area contributed by atoms with Crippen LogP contribution in [-0.4, -0.2) is 28.6 Å². The SMILES string of the molecule is CCOC(=O)Cc1ccc(CN)cc1OCc1cc(-c2cccc(C(CF)N[S+]([O-])C(C)(C)C)c2)c2occc2c1. The van der Waals surface area contributed by atoms with Crippen molar-refractivity contribution in [3.8, 4) is 16.9 Å². The summed E-state index contributed by atoms with van der Waals surface area (Å²) in [6.07, 6.45) is 1.72. The van der Waals surface area contributed by atoms with Crippen molar-refractivity contribution in [3.05, 3.63) is 89.2 Å². The average Bonchev–Trinajstić information content (AvgIpc) is 3.43. The molecular formula is C32H37FN2O5S. The van der Waals surface area contributed by atoms with Crippen LogP contribution in [0.2, 0.25) is 0 Å². The molecule has 0 saturated heterocycles. The number of nitrogens with one attached hydrogen (secondary N) is 1. The topological polar surface area (TPSA) is 110 Å². The van der Waals surface area contributed by atoms with Gasteiger partial charge in [0.1, 0.15) is 35.4 Å². The van der Waals surface area contributed by atoms with Crippen molar-refractivity contribution in [1.82, 2.24) is 4.72 Å². The Morgan fingerprint density at radius 2 is 1.93 bits per heavy atom. The first-order valence-electron chi connectivity index (χ1n) is 13.6. The van der Waals surface area contributed by atoms with Crippen molar-refractivity contribution >= 4 is 28.3 Å². The number of carbonyl (C=O) groups excluding carboxylic acids is 1. The molecule has 0 bridgehead atoms. The third-order valence-corrected chi connectivity index (χ3v) is 8.18. The third-order valence-electron chi connectivity index (χ3n) is 6.57. The van der Waals surface area contributed by atoms with E-state index >= 15 is 0 Å².